The van der Waals surface area contributed by atoms with E-state index >= 15 is 0 Å². The van der Waals surface area contributed by atoms with Gasteiger partial charge in [0, 0.05) is 30.8 Å². The van der Waals surface area contributed by atoms with Crippen molar-refractivity contribution >= 4 is 40.0 Å². The van der Waals surface area contributed by atoms with Gasteiger partial charge in [-0.05, 0) is 36.8 Å². The molecular formula is C30H29N3O6S. The van der Waals surface area contributed by atoms with E-state index in [0.717, 1.165) is 29.7 Å². The summed E-state index contributed by atoms with van der Waals surface area (Å²) in [5.74, 6) is 1.35. The molecule has 1 unspecified atom stereocenters. The first-order valence-electron chi connectivity index (χ1n) is 13.2. The molecule has 0 aliphatic carbocycles. The number of esters is 1. The van der Waals surface area contributed by atoms with Gasteiger partial charge in [0.25, 0.3) is 5.56 Å². The summed E-state index contributed by atoms with van der Waals surface area (Å²) in [6.07, 6.45) is 1.73. The summed E-state index contributed by atoms with van der Waals surface area (Å²) in [7, 11) is 1.58. The number of carbonyl (C=O) groups is 1. The molecule has 1 atom stereocenters. The Bertz CT molecular complexity index is 1810. The number of fused-ring (bicyclic) bond motifs is 2. The number of anilines is 1. The largest absolute Gasteiger partial charge is 0.496 e. The van der Waals surface area contributed by atoms with E-state index in [0.29, 0.717) is 50.9 Å². The predicted molar refractivity (Wildman–Crippen MR) is 153 cm³/mol. The fourth-order valence-corrected chi connectivity index (χ4v) is 6.33. The Morgan fingerprint density at radius 3 is 2.73 bits per heavy atom. The molecule has 2 aliphatic rings. The standard InChI is InChI=1S/C30H29N3O6S/c1-4-38-29(35)25-18(2)31-30-33(27(25)26-21-8-6-5-7-19(21)9-11-22(26)36-3)28(34)23(40-30)17-20-10-12-24(39-20)32-13-15-37-16-14-32/h5-12,17,27H,4,13-16H2,1-3H3. The third kappa shape index (κ3) is 4.52. The Balaban J connectivity index is 1.55. The number of aromatic nitrogens is 1. The number of ether oxygens (including phenoxy) is 3. The van der Waals surface area contributed by atoms with Gasteiger partial charge in [-0.3, -0.25) is 9.36 Å². The van der Waals surface area contributed by atoms with Crippen LogP contribution in [0.2, 0.25) is 0 Å². The summed E-state index contributed by atoms with van der Waals surface area (Å²) in [6, 6.07) is 14.6. The number of hydrogen-bond donors (Lipinski definition) is 0. The van der Waals surface area contributed by atoms with E-state index in [2.05, 4.69) is 4.90 Å². The molecule has 2 aromatic carbocycles. The first kappa shape index (κ1) is 26.1. The van der Waals surface area contributed by atoms with Gasteiger partial charge in [-0.1, -0.05) is 41.7 Å². The Hall–Kier alpha value is -4.15. The number of benzene rings is 2. The summed E-state index contributed by atoms with van der Waals surface area (Å²) < 4.78 is 24.8. The zero-order chi connectivity index (χ0) is 27.8. The molecule has 1 fully saturated rings. The van der Waals surface area contributed by atoms with E-state index in [1.165, 1.54) is 11.3 Å². The van der Waals surface area contributed by atoms with Crippen LogP contribution in [0.3, 0.4) is 0 Å². The lowest BCUT2D eigenvalue weighted by Crippen LogP contribution is -2.40. The van der Waals surface area contributed by atoms with Gasteiger partial charge >= 0.3 is 5.97 Å². The van der Waals surface area contributed by atoms with Crippen molar-refractivity contribution in [3.8, 4) is 5.75 Å². The molecule has 2 aromatic heterocycles. The number of nitrogens with zero attached hydrogens (tertiary/aromatic N) is 3. The van der Waals surface area contributed by atoms with Gasteiger partial charge in [-0.25, -0.2) is 9.79 Å². The summed E-state index contributed by atoms with van der Waals surface area (Å²) in [4.78, 5) is 34.7. The van der Waals surface area contributed by atoms with Gasteiger partial charge in [0.05, 0.1) is 42.7 Å². The fraction of sp³-hybridized carbons (Fsp3) is 0.300. The van der Waals surface area contributed by atoms with Crippen molar-refractivity contribution in [2.75, 3.05) is 44.9 Å². The predicted octanol–water partition coefficient (Wildman–Crippen LogP) is 3.39. The summed E-state index contributed by atoms with van der Waals surface area (Å²) >= 11 is 1.26. The van der Waals surface area contributed by atoms with Crippen LogP contribution in [-0.2, 0) is 14.3 Å². The van der Waals surface area contributed by atoms with Crippen molar-refractivity contribution < 1.29 is 23.4 Å². The van der Waals surface area contributed by atoms with E-state index in [1.54, 1.807) is 31.6 Å². The molecule has 2 aliphatic heterocycles. The Morgan fingerprint density at radius 1 is 1.15 bits per heavy atom. The lowest BCUT2D eigenvalue weighted by atomic mass is 9.90. The van der Waals surface area contributed by atoms with Crippen LogP contribution in [0.1, 0.15) is 31.2 Å². The summed E-state index contributed by atoms with van der Waals surface area (Å²) in [5, 5.41) is 1.84. The molecule has 0 spiro atoms. The van der Waals surface area contributed by atoms with Crippen molar-refractivity contribution in [1.29, 1.82) is 0 Å². The van der Waals surface area contributed by atoms with Crippen LogP contribution in [0.25, 0.3) is 16.8 Å². The van der Waals surface area contributed by atoms with E-state index in [9.17, 15) is 9.59 Å². The normalized spacial score (nSPS) is 17.6. The Morgan fingerprint density at radius 2 is 1.95 bits per heavy atom. The van der Waals surface area contributed by atoms with Gasteiger partial charge in [0.2, 0.25) is 0 Å². The van der Waals surface area contributed by atoms with Gasteiger partial charge in [0.15, 0.2) is 10.7 Å². The number of furan rings is 1. The molecule has 10 heteroatoms. The molecule has 4 heterocycles. The van der Waals surface area contributed by atoms with Crippen LogP contribution < -0.4 is 24.5 Å². The number of hydrogen-bond acceptors (Lipinski definition) is 9. The van der Waals surface area contributed by atoms with Gasteiger partial charge in [-0.2, -0.15) is 0 Å². The second-order valence-corrected chi connectivity index (χ2v) is 10.5. The van der Waals surface area contributed by atoms with E-state index in [4.69, 9.17) is 23.6 Å². The van der Waals surface area contributed by atoms with Crippen LogP contribution in [-0.4, -0.2) is 50.6 Å². The highest BCUT2D eigenvalue weighted by Gasteiger charge is 2.36. The second-order valence-electron chi connectivity index (χ2n) is 9.48. The minimum atomic E-state index is -0.793. The molecule has 0 radical (unpaired) electrons. The van der Waals surface area contributed by atoms with E-state index in [-0.39, 0.29) is 12.2 Å². The molecule has 0 amide bonds. The quantitative estimate of drug-likeness (QED) is 0.334. The molecule has 4 aromatic rings. The highest BCUT2D eigenvalue weighted by Crippen LogP contribution is 2.40. The van der Waals surface area contributed by atoms with Gasteiger partial charge in [-0.15, -0.1) is 0 Å². The van der Waals surface area contributed by atoms with Crippen LogP contribution in [0.15, 0.2) is 74.0 Å². The Kier molecular flexibility index (Phi) is 7.03. The lowest BCUT2D eigenvalue weighted by molar-refractivity contribution is -0.139. The van der Waals surface area contributed by atoms with Gasteiger partial charge in [0.1, 0.15) is 17.6 Å². The molecule has 9 nitrogen and oxygen atoms in total. The number of morpholine rings is 1. The van der Waals surface area contributed by atoms with Gasteiger partial charge < -0.3 is 23.5 Å². The first-order chi connectivity index (χ1) is 19.5. The van der Waals surface area contributed by atoms with E-state index < -0.39 is 12.0 Å². The topological polar surface area (TPSA) is 95.5 Å². The van der Waals surface area contributed by atoms with E-state index in [1.807, 2.05) is 48.5 Å². The van der Waals surface area contributed by atoms with Crippen molar-refractivity contribution in [3.05, 3.63) is 90.8 Å². The SMILES string of the molecule is CCOC(=O)C1=C(C)N=c2sc(=Cc3ccc(N4CCOCC4)o3)c(=O)n2C1c1c(OC)ccc2ccccc12. The summed E-state index contributed by atoms with van der Waals surface area (Å²) in [5.41, 5.74) is 1.24. The van der Waals surface area contributed by atoms with Crippen LogP contribution in [0.4, 0.5) is 5.88 Å². The lowest BCUT2D eigenvalue weighted by Gasteiger charge is -2.27. The van der Waals surface area contributed by atoms with Crippen molar-refractivity contribution in [2.45, 2.75) is 19.9 Å². The molecule has 206 valence electrons. The highest BCUT2D eigenvalue weighted by molar-refractivity contribution is 7.07. The van der Waals surface area contributed by atoms with Crippen molar-refractivity contribution in [2.24, 2.45) is 4.99 Å². The third-order valence-electron chi connectivity index (χ3n) is 7.15. The fourth-order valence-electron chi connectivity index (χ4n) is 5.30. The van der Waals surface area contributed by atoms with Crippen molar-refractivity contribution in [1.82, 2.24) is 4.57 Å². The second kappa shape index (κ2) is 10.8. The minimum absolute atomic E-state index is 0.198. The average Bonchev–Trinajstić information content (AvgIpc) is 3.56. The highest BCUT2D eigenvalue weighted by atomic mass is 32.1. The van der Waals surface area contributed by atoms with Crippen molar-refractivity contribution in [3.63, 3.8) is 0 Å². The zero-order valence-electron chi connectivity index (χ0n) is 22.5. The number of methoxy groups -OCH3 is 1. The molecule has 0 bridgehead atoms. The molecule has 0 saturated carbocycles. The first-order valence-corrected chi connectivity index (χ1v) is 14.0. The maximum atomic E-state index is 14.1. The molecule has 1 saturated heterocycles. The number of thiazole rings is 1. The maximum Gasteiger partial charge on any atom is 0.338 e. The summed E-state index contributed by atoms with van der Waals surface area (Å²) in [6.45, 7) is 6.52. The molecule has 40 heavy (non-hydrogen) atoms. The smallest absolute Gasteiger partial charge is 0.338 e. The molecule has 6 rings (SSSR count). The van der Waals surface area contributed by atoms with Crippen LogP contribution in [0.5, 0.6) is 5.75 Å². The monoisotopic (exact) mass is 559 g/mol. The Labute approximate surface area is 234 Å². The maximum absolute atomic E-state index is 14.1. The van der Waals surface area contributed by atoms with Crippen LogP contribution >= 0.6 is 11.3 Å². The molecular weight excluding hydrogens is 530 g/mol. The van der Waals surface area contributed by atoms with Crippen LogP contribution in [0, 0.1) is 0 Å². The zero-order valence-corrected chi connectivity index (χ0v) is 23.3. The number of carbonyl (C=O) groups excluding carboxylic acids is 1. The minimum Gasteiger partial charge on any atom is -0.496 e. The molecule has 0 N–H and O–H groups in total. The number of rotatable bonds is 6. The average molecular weight is 560 g/mol. The third-order valence-corrected chi connectivity index (χ3v) is 8.13. The number of allylic oxidation sites excluding steroid dienone is 1.